The Kier molecular flexibility index (Phi) is 4.20. The van der Waals surface area contributed by atoms with Crippen molar-refractivity contribution in [3.63, 3.8) is 0 Å². The van der Waals surface area contributed by atoms with Gasteiger partial charge in [0.2, 0.25) is 0 Å². The second-order valence-corrected chi connectivity index (χ2v) is 2.18. The minimum atomic E-state index is 0.545. The molecule has 5 heteroatoms. The molecular formula is C8H10N4O. The highest BCUT2D eigenvalue weighted by Crippen LogP contribution is 1.85. The van der Waals surface area contributed by atoms with E-state index in [0.29, 0.717) is 6.54 Å². The van der Waals surface area contributed by atoms with Crippen LogP contribution in [-0.4, -0.2) is 33.1 Å². The van der Waals surface area contributed by atoms with Gasteiger partial charge in [-0.2, -0.15) is 0 Å². The molecular weight excluding hydrogens is 168 g/mol. The van der Waals surface area contributed by atoms with Gasteiger partial charge < -0.3 is 0 Å². The van der Waals surface area contributed by atoms with Crippen molar-refractivity contribution in [1.29, 1.82) is 0 Å². The molecule has 1 aliphatic rings. The summed E-state index contributed by atoms with van der Waals surface area (Å²) >= 11 is 0. The predicted molar refractivity (Wildman–Crippen MR) is 48.2 cm³/mol. The van der Waals surface area contributed by atoms with Gasteiger partial charge in [0.15, 0.2) is 0 Å². The Bertz CT molecular complexity index is 246. The maximum atomic E-state index is 8.54. The third kappa shape index (κ3) is 4.65. The van der Waals surface area contributed by atoms with Crippen LogP contribution in [0.5, 0.6) is 0 Å². The van der Waals surface area contributed by atoms with Crippen molar-refractivity contribution in [2.45, 2.75) is 0 Å². The van der Waals surface area contributed by atoms with Crippen LogP contribution in [0.4, 0.5) is 0 Å². The Labute approximate surface area is 76.0 Å². The molecule has 2 heterocycles. The molecule has 1 N–H and O–H groups in total. The van der Waals surface area contributed by atoms with Crippen molar-refractivity contribution in [2.24, 2.45) is 4.99 Å². The van der Waals surface area contributed by atoms with E-state index in [2.05, 4.69) is 15.0 Å². The van der Waals surface area contributed by atoms with Gasteiger partial charge >= 0.3 is 0 Å². The summed E-state index contributed by atoms with van der Waals surface area (Å²) in [5.74, 6) is 0. The van der Waals surface area contributed by atoms with Crippen molar-refractivity contribution in [3.8, 4) is 0 Å². The number of hydroxylamine groups is 2. The molecule has 68 valence electrons. The zero-order valence-electron chi connectivity index (χ0n) is 6.98. The largest absolute Gasteiger partial charge is 0.287 e. The molecule has 1 aromatic rings. The summed E-state index contributed by atoms with van der Waals surface area (Å²) in [7, 11) is 0. The lowest BCUT2D eigenvalue weighted by molar-refractivity contribution is 0.00234. The minimum Gasteiger partial charge on any atom is -0.287 e. The predicted octanol–water partition coefficient (Wildman–Crippen LogP) is 0.710. The van der Waals surface area contributed by atoms with E-state index in [1.54, 1.807) is 30.7 Å². The smallest absolute Gasteiger partial charge is 0.116 e. The number of aromatic nitrogens is 2. The number of nitrogens with zero attached hydrogens (tertiary/aromatic N) is 4. The van der Waals surface area contributed by atoms with Gasteiger partial charge in [0, 0.05) is 18.6 Å². The van der Waals surface area contributed by atoms with E-state index in [0.717, 1.165) is 5.06 Å². The molecule has 0 bridgehead atoms. The number of hydrogen-bond acceptors (Lipinski definition) is 5. The maximum Gasteiger partial charge on any atom is 0.116 e. The standard InChI is InChI=1S/C4H6N2O.C4H4N2/c7-6-3-1-2-5-4-6;1-2-5-4-6-3-1/h1-2,4,7H,3H2;1-4H. The topological polar surface area (TPSA) is 61.6 Å². The quantitative estimate of drug-likeness (QED) is 0.635. The molecule has 0 atom stereocenters. The molecule has 0 radical (unpaired) electrons. The molecule has 5 nitrogen and oxygen atoms in total. The van der Waals surface area contributed by atoms with Gasteiger partial charge in [-0.3, -0.25) is 5.21 Å². The molecule has 0 amide bonds. The Morgan fingerprint density at radius 1 is 1.23 bits per heavy atom. The van der Waals surface area contributed by atoms with Crippen molar-refractivity contribution in [3.05, 3.63) is 37.1 Å². The third-order valence-electron chi connectivity index (χ3n) is 1.16. The van der Waals surface area contributed by atoms with E-state index < -0.39 is 0 Å². The number of aliphatic imine (C=N–C) groups is 1. The SMILES string of the molecule is ON1C=NC=CC1.c1cncnc1. The van der Waals surface area contributed by atoms with Gasteiger partial charge in [-0.25, -0.2) is 20.0 Å². The Balaban J connectivity index is 0.000000132. The number of rotatable bonds is 0. The van der Waals surface area contributed by atoms with Crippen molar-refractivity contribution in [2.75, 3.05) is 6.54 Å². The fourth-order valence-electron chi connectivity index (χ4n) is 0.632. The fraction of sp³-hybridized carbons (Fsp3) is 0.125. The van der Waals surface area contributed by atoms with Crippen LogP contribution in [0, 0.1) is 0 Å². The van der Waals surface area contributed by atoms with Crippen molar-refractivity contribution < 1.29 is 5.21 Å². The molecule has 0 aliphatic carbocycles. The van der Waals surface area contributed by atoms with Crippen LogP contribution in [0.3, 0.4) is 0 Å². The summed E-state index contributed by atoms with van der Waals surface area (Å²) < 4.78 is 0. The maximum absolute atomic E-state index is 8.54. The lowest BCUT2D eigenvalue weighted by Gasteiger charge is -2.07. The highest BCUT2D eigenvalue weighted by atomic mass is 16.5. The second kappa shape index (κ2) is 5.84. The first-order valence-electron chi connectivity index (χ1n) is 3.73. The summed E-state index contributed by atoms with van der Waals surface area (Å²) in [6, 6.07) is 1.78. The summed E-state index contributed by atoms with van der Waals surface area (Å²) in [5.41, 5.74) is 0. The Morgan fingerprint density at radius 3 is 2.23 bits per heavy atom. The minimum absolute atomic E-state index is 0.545. The number of hydrogen-bond donors (Lipinski definition) is 1. The molecule has 0 unspecified atom stereocenters. The van der Waals surface area contributed by atoms with E-state index in [9.17, 15) is 0 Å². The molecule has 0 spiro atoms. The summed E-state index contributed by atoms with van der Waals surface area (Å²) in [5, 5.41) is 9.56. The van der Waals surface area contributed by atoms with Crippen LogP contribution in [-0.2, 0) is 0 Å². The zero-order valence-corrected chi connectivity index (χ0v) is 6.98. The lowest BCUT2D eigenvalue weighted by Crippen LogP contribution is -2.18. The van der Waals surface area contributed by atoms with E-state index in [-0.39, 0.29) is 0 Å². The Hall–Kier alpha value is -1.75. The van der Waals surface area contributed by atoms with Gasteiger partial charge in [0.05, 0.1) is 6.54 Å². The van der Waals surface area contributed by atoms with Crippen LogP contribution in [0.2, 0.25) is 0 Å². The molecule has 0 fully saturated rings. The van der Waals surface area contributed by atoms with Gasteiger partial charge in [-0.05, 0) is 12.1 Å². The van der Waals surface area contributed by atoms with Gasteiger partial charge in [-0.1, -0.05) is 0 Å². The van der Waals surface area contributed by atoms with Gasteiger partial charge in [-0.15, -0.1) is 0 Å². The highest BCUT2D eigenvalue weighted by molar-refractivity contribution is 5.55. The van der Waals surface area contributed by atoms with Crippen LogP contribution < -0.4 is 0 Å². The van der Waals surface area contributed by atoms with E-state index in [1.165, 1.54) is 12.7 Å². The molecule has 0 saturated heterocycles. The van der Waals surface area contributed by atoms with E-state index in [4.69, 9.17) is 5.21 Å². The van der Waals surface area contributed by atoms with Gasteiger partial charge in [0.25, 0.3) is 0 Å². The van der Waals surface area contributed by atoms with Crippen molar-refractivity contribution in [1.82, 2.24) is 15.0 Å². The van der Waals surface area contributed by atoms with E-state index in [1.807, 2.05) is 0 Å². The average molecular weight is 178 g/mol. The molecule has 13 heavy (non-hydrogen) atoms. The molecule has 2 rings (SSSR count). The molecule has 1 aliphatic heterocycles. The first kappa shape index (κ1) is 9.34. The first-order chi connectivity index (χ1) is 6.39. The average Bonchev–Trinajstić information content (AvgIpc) is 2.22. The molecule has 1 aromatic heterocycles. The molecule has 0 aromatic carbocycles. The fourth-order valence-corrected chi connectivity index (χ4v) is 0.632. The lowest BCUT2D eigenvalue weighted by atomic mass is 10.6. The van der Waals surface area contributed by atoms with Gasteiger partial charge in [0.1, 0.15) is 12.7 Å². The zero-order chi connectivity index (χ0) is 9.36. The van der Waals surface area contributed by atoms with Crippen LogP contribution in [0.25, 0.3) is 0 Å². The normalized spacial score (nSPS) is 13.5. The highest BCUT2D eigenvalue weighted by Gasteiger charge is 1.89. The Morgan fingerprint density at radius 2 is 2.00 bits per heavy atom. The van der Waals surface area contributed by atoms with Crippen molar-refractivity contribution >= 4 is 6.34 Å². The van der Waals surface area contributed by atoms with Crippen LogP contribution in [0.15, 0.2) is 42.1 Å². The molecule has 0 saturated carbocycles. The van der Waals surface area contributed by atoms with Crippen LogP contribution in [0.1, 0.15) is 0 Å². The summed E-state index contributed by atoms with van der Waals surface area (Å²) in [6.45, 7) is 0.545. The summed E-state index contributed by atoms with van der Waals surface area (Å²) in [6.07, 6.45) is 9.65. The second-order valence-electron chi connectivity index (χ2n) is 2.18. The summed E-state index contributed by atoms with van der Waals surface area (Å²) in [4.78, 5) is 11.0. The first-order valence-corrected chi connectivity index (χ1v) is 3.73. The van der Waals surface area contributed by atoms with E-state index >= 15 is 0 Å². The van der Waals surface area contributed by atoms with Crippen LogP contribution >= 0.6 is 0 Å². The monoisotopic (exact) mass is 178 g/mol. The third-order valence-corrected chi connectivity index (χ3v) is 1.16.